The first kappa shape index (κ1) is 28.4. The molecule has 0 radical (unpaired) electrons. The summed E-state index contributed by atoms with van der Waals surface area (Å²) in [6, 6.07) is 0. The molecule has 3 heteroatoms. The maximum Gasteiger partial charge on any atom is 0.0143 e. The van der Waals surface area contributed by atoms with Crippen molar-refractivity contribution in [3.05, 3.63) is 49.0 Å². The maximum absolute atomic E-state index is 5.58. The summed E-state index contributed by atoms with van der Waals surface area (Å²) < 4.78 is 0. The molecular formula is C27H51N3. The molecule has 0 aliphatic carbocycles. The van der Waals surface area contributed by atoms with Crippen molar-refractivity contribution in [2.75, 3.05) is 13.1 Å². The van der Waals surface area contributed by atoms with Gasteiger partial charge < -0.3 is 16.4 Å². The SMILES string of the molecule is C=C(N)CCCCCCCNC(=C)CCCCCCCNC(=C)CC[C@H](C)C(=C)C. The van der Waals surface area contributed by atoms with E-state index in [2.05, 4.69) is 50.8 Å². The maximum atomic E-state index is 5.58. The van der Waals surface area contributed by atoms with Gasteiger partial charge in [-0.1, -0.05) is 77.3 Å². The van der Waals surface area contributed by atoms with E-state index in [1.807, 2.05) is 0 Å². The molecule has 0 saturated heterocycles. The van der Waals surface area contributed by atoms with Crippen LogP contribution in [0.4, 0.5) is 0 Å². The van der Waals surface area contributed by atoms with E-state index in [0.29, 0.717) is 5.92 Å². The molecule has 0 spiro atoms. The molecule has 0 aliphatic rings. The minimum atomic E-state index is 0.584. The van der Waals surface area contributed by atoms with E-state index in [4.69, 9.17) is 5.73 Å². The largest absolute Gasteiger partial charge is 0.403 e. The summed E-state index contributed by atoms with van der Waals surface area (Å²) in [6.07, 6.45) is 16.9. The van der Waals surface area contributed by atoms with Crippen LogP contribution in [0.25, 0.3) is 0 Å². The van der Waals surface area contributed by atoms with Gasteiger partial charge in [0.05, 0.1) is 0 Å². The summed E-state index contributed by atoms with van der Waals surface area (Å²) in [5.74, 6) is 0.584. The first-order valence-electron chi connectivity index (χ1n) is 12.2. The molecule has 174 valence electrons. The van der Waals surface area contributed by atoms with Crippen LogP contribution in [0.15, 0.2) is 49.0 Å². The highest BCUT2D eigenvalue weighted by Crippen LogP contribution is 2.16. The van der Waals surface area contributed by atoms with Gasteiger partial charge in [-0.2, -0.15) is 0 Å². The highest BCUT2D eigenvalue weighted by atomic mass is 14.9. The lowest BCUT2D eigenvalue weighted by Gasteiger charge is -2.13. The van der Waals surface area contributed by atoms with Gasteiger partial charge in [0, 0.05) is 30.2 Å². The summed E-state index contributed by atoms with van der Waals surface area (Å²) in [6.45, 7) is 22.5. The molecular weight excluding hydrogens is 366 g/mol. The Morgan fingerprint density at radius 3 is 1.60 bits per heavy atom. The Morgan fingerprint density at radius 1 is 0.667 bits per heavy atom. The molecule has 0 unspecified atom stereocenters. The highest BCUT2D eigenvalue weighted by molar-refractivity contribution is 4.98. The van der Waals surface area contributed by atoms with Gasteiger partial charge in [0.1, 0.15) is 0 Å². The average Bonchev–Trinajstić information content (AvgIpc) is 2.69. The molecule has 0 saturated carbocycles. The molecule has 0 aromatic heterocycles. The van der Waals surface area contributed by atoms with Crippen LogP contribution in [0.2, 0.25) is 0 Å². The van der Waals surface area contributed by atoms with Gasteiger partial charge in [0.15, 0.2) is 0 Å². The summed E-state index contributed by atoms with van der Waals surface area (Å²) in [5, 5.41) is 6.97. The lowest BCUT2D eigenvalue weighted by Crippen LogP contribution is -2.14. The van der Waals surface area contributed by atoms with Crippen molar-refractivity contribution in [2.24, 2.45) is 11.7 Å². The van der Waals surface area contributed by atoms with Crippen molar-refractivity contribution < 1.29 is 0 Å². The average molecular weight is 418 g/mol. The van der Waals surface area contributed by atoms with Crippen molar-refractivity contribution >= 4 is 0 Å². The predicted molar refractivity (Wildman–Crippen MR) is 136 cm³/mol. The standard InChI is InChI=1S/C27H51N3/c1-23(2)24(3)19-20-27(6)30-22-16-12-8-10-14-18-26(5)29-21-15-11-7-9-13-17-25(4)28/h24,29-30H,1,4-22,28H2,2-3H3/t24-/m0/s1. The second-order valence-corrected chi connectivity index (χ2v) is 9.04. The smallest absolute Gasteiger partial charge is 0.0143 e. The lowest BCUT2D eigenvalue weighted by molar-refractivity contribution is 0.561. The lowest BCUT2D eigenvalue weighted by atomic mass is 9.98. The number of hydrogen-bond acceptors (Lipinski definition) is 3. The van der Waals surface area contributed by atoms with E-state index in [-0.39, 0.29) is 0 Å². The minimum Gasteiger partial charge on any atom is -0.403 e. The van der Waals surface area contributed by atoms with Crippen molar-refractivity contribution in [2.45, 2.75) is 104 Å². The third-order valence-electron chi connectivity index (χ3n) is 5.80. The van der Waals surface area contributed by atoms with E-state index < -0.39 is 0 Å². The molecule has 4 N–H and O–H groups in total. The van der Waals surface area contributed by atoms with E-state index >= 15 is 0 Å². The highest BCUT2D eigenvalue weighted by Gasteiger charge is 2.03. The molecule has 0 aliphatic heterocycles. The predicted octanol–water partition coefficient (Wildman–Crippen LogP) is 7.34. The zero-order valence-corrected chi connectivity index (χ0v) is 20.3. The van der Waals surface area contributed by atoms with Crippen LogP contribution in [0.3, 0.4) is 0 Å². The summed E-state index contributed by atoms with van der Waals surface area (Å²) in [4.78, 5) is 0. The quantitative estimate of drug-likeness (QED) is 0.128. The first-order valence-corrected chi connectivity index (χ1v) is 12.2. The number of nitrogens with one attached hydrogen (secondary N) is 2. The van der Waals surface area contributed by atoms with E-state index in [1.54, 1.807) is 0 Å². The summed E-state index contributed by atoms with van der Waals surface area (Å²) in [7, 11) is 0. The van der Waals surface area contributed by atoms with Gasteiger partial charge in [-0.25, -0.2) is 0 Å². The Balaban J connectivity index is 3.36. The van der Waals surface area contributed by atoms with E-state index in [1.165, 1.54) is 81.2 Å². The molecule has 0 bridgehead atoms. The van der Waals surface area contributed by atoms with Gasteiger partial charge in [0.2, 0.25) is 0 Å². The number of hydrogen-bond donors (Lipinski definition) is 3. The normalized spacial score (nSPS) is 11.7. The monoisotopic (exact) mass is 417 g/mol. The third-order valence-corrected chi connectivity index (χ3v) is 5.80. The molecule has 3 nitrogen and oxygen atoms in total. The number of unbranched alkanes of at least 4 members (excludes halogenated alkanes) is 8. The Hall–Kier alpha value is -1.64. The molecule has 0 aromatic carbocycles. The molecule has 0 aromatic rings. The molecule has 0 amide bonds. The minimum absolute atomic E-state index is 0.584. The van der Waals surface area contributed by atoms with Crippen LogP contribution in [-0.2, 0) is 0 Å². The molecule has 0 fully saturated rings. The zero-order valence-electron chi connectivity index (χ0n) is 20.3. The Labute approximate surface area is 188 Å². The zero-order chi connectivity index (χ0) is 22.6. The van der Waals surface area contributed by atoms with Crippen LogP contribution in [0.5, 0.6) is 0 Å². The van der Waals surface area contributed by atoms with Crippen LogP contribution in [-0.4, -0.2) is 13.1 Å². The van der Waals surface area contributed by atoms with Gasteiger partial charge in [-0.05, 0) is 64.2 Å². The summed E-state index contributed by atoms with van der Waals surface area (Å²) >= 11 is 0. The third kappa shape index (κ3) is 19.7. The fourth-order valence-corrected chi connectivity index (χ4v) is 3.35. The van der Waals surface area contributed by atoms with Crippen molar-refractivity contribution in [3.8, 4) is 0 Å². The number of allylic oxidation sites excluding steroid dienone is 4. The van der Waals surface area contributed by atoms with Crippen molar-refractivity contribution in [1.82, 2.24) is 10.6 Å². The second kappa shape index (κ2) is 19.3. The van der Waals surface area contributed by atoms with Crippen LogP contribution in [0, 0.1) is 5.92 Å². The van der Waals surface area contributed by atoms with E-state index in [9.17, 15) is 0 Å². The fraction of sp³-hybridized carbons (Fsp3) is 0.704. The van der Waals surface area contributed by atoms with Crippen LogP contribution in [0.1, 0.15) is 104 Å². The summed E-state index contributed by atoms with van der Waals surface area (Å²) in [5.41, 5.74) is 10.0. The van der Waals surface area contributed by atoms with Crippen LogP contribution < -0.4 is 16.4 Å². The van der Waals surface area contributed by atoms with Gasteiger partial charge in [0.25, 0.3) is 0 Å². The Kier molecular flexibility index (Phi) is 18.3. The van der Waals surface area contributed by atoms with Gasteiger partial charge in [-0.3, -0.25) is 0 Å². The van der Waals surface area contributed by atoms with Crippen molar-refractivity contribution in [1.29, 1.82) is 0 Å². The number of rotatable bonds is 22. The number of nitrogens with two attached hydrogens (primary N) is 1. The van der Waals surface area contributed by atoms with Crippen LogP contribution >= 0.6 is 0 Å². The van der Waals surface area contributed by atoms with Crippen molar-refractivity contribution in [3.63, 3.8) is 0 Å². The second-order valence-electron chi connectivity index (χ2n) is 9.04. The Bertz CT molecular complexity index is 492. The van der Waals surface area contributed by atoms with Gasteiger partial charge in [-0.15, -0.1) is 0 Å². The van der Waals surface area contributed by atoms with E-state index in [0.717, 1.165) is 44.5 Å². The first-order chi connectivity index (χ1) is 14.3. The fourth-order valence-electron chi connectivity index (χ4n) is 3.35. The molecule has 0 rings (SSSR count). The topological polar surface area (TPSA) is 50.1 Å². The van der Waals surface area contributed by atoms with Gasteiger partial charge >= 0.3 is 0 Å². The molecule has 0 heterocycles. The molecule has 30 heavy (non-hydrogen) atoms. The molecule has 1 atom stereocenters. The Morgan fingerprint density at radius 2 is 1.10 bits per heavy atom.